The van der Waals surface area contributed by atoms with Crippen molar-refractivity contribution in [1.82, 2.24) is 20.1 Å². The molecule has 0 radical (unpaired) electrons. The molecule has 0 saturated carbocycles. The molecule has 1 unspecified atom stereocenters. The number of amides is 2. The quantitative estimate of drug-likeness (QED) is 0.574. The maximum atomic E-state index is 13.1. The summed E-state index contributed by atoms with van der Waals surface area (Å²) in [5, 5.41) is 16.7. The number of benzene rings is 1. The van der Waals surface area contributed by atoms with Crippen LogP contribution in [-0.2, 0) is 11.3 Å². The van der Waals surface area contributed by atoms with Gasteiger partial charge in [0.1, 0.15) is 29.7 Å². The van der Waals surface area contributed by atoms with Crippen molar-refractivity contribution in [2.45, 2.75) is 32.0 Å². The number of carbonyl (C=O) groups excluding carboxylic acids is 2. The average Bonchev–Trinajstić information content (AvgIpc) is 3.28. The predicted molar refractivity (Wildman–Crippen MR) is 125 cm³/mol. The van der Waals surface area contributed by atoms with Gasteiger partial charge in [-0.3, -0.25) is 19.3 Å². The Hall–Kier alpha value is -4.16. The summed E-state index contributed by atoms with van der Waals surface area (Å²) in [5.41, 5.74) is 1.08. The van der Waals surface area contributed by atoms with Gasteiger partial charge < -0.3 is 20.1 Å². The molecule has 0 fully saturated rings. The highest BCUT2D eigenvalue weighted by Gasteiger charge is 2.31. The first-order valence-corrected chi connectivity index (χ1v) is 10.7. The molecule has 3 heterocycles. The Kier molecular flexibility index (Phi) is 6.34. The number of hydrogen-bond acceptors (Lipinski definition) is 6. The number of rotatable bonds is 4. The summed E-state index contributed by atoms with van der Waals surface area (Å²) in [7, 11) is 1.62. The van der Waals surface area contributed by atoms with Crippen molar-refractivity contribution in [3.63, 3.8) is 0 Å². The number of ether oxygens (including phenoxy) is 1. The fraction of sp³-hybridized carbons (Fsp3) is 0.280. The first kappa shape index (κ1) is 23.0. The molecule has 1 atom stereocenters. The minimum absolute atomic E-state index is 0.0242. The summed E-state index contributed by atoms with van der Waals surface area (Å²) in [6.07, 6.45) is 5.07. The van der Waals surface area contributed by atoms with Gasteiger partial charge in [-0.2, -0.15) is 5.10 Å². The molecule has 0 bridgehead atoms. The van der Waals surface area contributed by atoms with E-state index in [0.29, 0.717) is 23.5 Å². The third-order valence-electron chi connectivity index (χ3n) is 5.13. The van der Waals surface area contributed by atoms with Gasteiger partial charge in [-0.25, -0.2) is 0 Å². The molecule has 1 aromatic carbocycles. The monoisotopic (exact) mass is 459 g/mol. The molecule has 0 saturated heterocycles. The fourth-order valence-electron chi connectivity index (χ4n) is 3.41. The molecule has 4 rings (SSSR count). The second-order valence-corrected chi connectivity index (χ2v) is 8.48. The lowest BCUT2D eigenvalue weighted by atomic mass is 10.1. The van der Waals surface area contributed by atoms with Gasteiger partial charge in [0.2, 0.25) is 0 Å². The van der Waals surface area contributed by atoms with E-state index in [1.807, 2.05) is 12.3 Å². The Labute approximate surface area is 197 Å². The highest BCUT2D eigenvalue weighted by atomic mass is 16.5. The van der Waals surface area contributed by atoms with Crippen LogP contribution in [0, 0.1) is 11.8 Å². The molecule has 9 nitrogen and oxygen atoms in total. The summed E-state index contributed by atoms with van der Waals surface area (Å²) in [6.45, 7) is 3.66. The van der Waals surface area contributed by atoms with Crippen LogP contribution in [0.5, 0.6) is 5.75 Å². The topological polar surface area (TPSA) is 110 Å². The van der Waals surface area contributed by atoms with E-state index in [0.717, 1.165) is 5.56 Å². The third-order valence-corrected chi connectivity index (χ3v) is 5.13. The molecule has 1 aliphatic heterocycles. The molecule has 1 aliphatic rings. The minimum Gasteiger partial charge on any atom is -0.489 e. The van der Waals surface area contributed by atoms with Gasteiger partial charge in [-0.1, -0.05) is 11.8 Å². The summed E-state index contributed by atoms with van der Waals surface area (Å²) in [5.74, 6) is 5.35. The lowest BCUT2D eigenvalue weighted by Crippen LogP contribution is -2.49. The van der Waals surface area contributed by atoms with Crippen LogP contribution in [0.3, 0.4) is 0 Å². The zero-order chi connectivity index (χ0) is 24.3. The van der Waals surface area contributed by atoms with Crippen LogP contribution in [0.25, 0.3) is 0 Å². The molecule has 174 valence electrons. The highest BCUT2D eigenvalue weighted by molar-refractivity contribution is 6.03. The molecule has 2 aromatic heterocycles. The average molecular weight is 460 g/mol. The molecule has 0 aliphatic carbocycles. The van der Waals surface area contributed by atoms with Crippen molar-refractivity contribution < 1.29 is 19.4 Å². The largest absolute Gasteiger partial charge is 0.489 e. The number of anilines is 1. The van der Waals surface area contributed by atoms with Crippen LogP contribution in [0.4, 0.5) is 5.69 Å². The van der Waals surface area contributed by atoms with Crippen molar-refractivity contribution in [1.29, 1.82) is 0 Å². The molecule has 9 heteroatoms. The number of pyridine rings is 1. The SMILES string of the molecule is CN1C(=O)C(NC(=O)c2cc(Cn3cccn3)ccn2)COc2ccc(C#CC(C)(C)O)cc21. The van der Waals surface area contributed by atoms with E-state index in [4.69, 9.17) is 4.74 Å². The molecule has 0 spiro atoms. The van der Waals surface area contributed by atoms with Gasteiger partial charge in [-0.05, 0) is 55.8 Å². The van der Waals surface area contributed by atoms with E-state index in [1.54, 1.807) is 68.3 Å². The Bertz CT molecular complexity index is 1270. The molecule has 3 aromatic rings. The number of nitrogens with zero attached hydrogens (tertiary/aromatic N) is 4. The van der Waals surface area contributed by atoms with Crippen molar-refractivity contribution in [3.05, 3.63) is 71.8 Å². The second-order valence-electron chi connectivity index (χ2n) is 8.48. The smallest absolute Gasteiger partial charge is 0.270 e. The standard InChI is InChI=1S/C25H25N5O4/c1-25(2,33)9-7-17-5-6-22-21(14-17)29(3)24(32)20(16-34-22)28-23(31)19-13-18(8-11-26-19)15-30-12-4-10-27-30/h4-6,8,10-14,20,33H,15-16H2,1-3H3,(H,28,31). The Morgan fingerprint density at radius 1 is 1.29 bits per heavy atom. The van der Waals surface area contributed by atoms with E-state index in [2.05, 4.69) is 27.2 Å². The van der Waals surface area contributed by atoms with Gasteiger partial charge in [0.05, 0.1) is 12.2 Å². The fourth-order valence-corrected chi connectivity index (χ4v) is 3.41. The Balaban J connectivity index is 1.49. The van der Waals surface area contributed by atoms with E-state index < -0.39 is 17.6 Å². The molecular weight excluding hydrogens is 434 g/mol. The normalized spacial score (nSPS) is 15.5. The number of hydrogen-bond donors (Lipinski definition) is 2. The van der Waals surface area contributed by atoms with Crippen LogP contribution < -0.4 is 15.0 Å². The van der Waals surface area contributed by atoms with Crippen molar-refractivity contribution >= 4 is 17.5 Å². The Morgan fingerprint density at radius 2 is 2.12 bits per heavy atom. The third kappa shape index (κ3) is 5.42. The number of aliphatic hydroxyl groups is 1. The molecular formula is C25H25N5O4. The van der Waals surface area contributed by atoms with Gasteiger partial charge in [0.15, 0.2) is 0 Å². The zero-order valence-electron chi connectivity index (χ0n) is 19.1. The maximum Gasteiger partial charge on any atom is 0.270 e. The number of nitrogens with one attached hydrogen (secondary N) is 1. The maximum absolute atomic E-state index is 13.1. The first-order chi connectivity index (χ1) is 16.2. The second kappa shape index (κ2) is 9.37. The van der Waals surface area contributed by atoms with E-state index in [-0.39, 0.29) is 18.2 Å². The Morgan fingerprint density at radius 3 is 2.85 bits per heavy atom. The van der Waals surface area contributed by atoms with Crippen LogP contribution >= 0.6 is 0 Å². The van der Waals surface area contributed by atoms with E-state index in [1.165, 1.54) is 4.90 Å². The van der Waals surface area contributed by atoms with Crippen LogP contribution in [-0.4, -0.2) is 57.0 Å². The summed E-state index contributed by atoms with van der Waals surface area (Å²) < 4.78 is 7.57. The number of fused-ring (bicyclic) bond motifs is 1. The molecule has 34 heavy (non-hydrogen) atoms. The van der Waals surface area contributed by atoms with Gasteiger partial charge in [0, 0.05) is 31.2 Å². The van der Waals surface area contributed by atoms with Gasteiger partial charge in [-0.15, -0.1) is 0 Å². The minimum atomic E-state index is -1.13. The lowest BCUT2D eigenvalue weighted by molar-refractivity contribution is -0.120. The van der Waals surface area contributed by atoms with Crippen molar-refractivity contribution in [2.24, 2.45) is 0 Å². The number of aromatic nitrogens is 3. The molecule has 2 N–H and O–H groups in total. The number of carbonyl (C=O) groups is 2. The van der Waals surface area contributed by atoms with E-state index >= 15 is 0 Å². The predicted octanol–water partition coefficient (Wildman–Crippen LogP) is 1.60. The first-order valence-electron chi connectivity index (χ1n) is 10.7. The summed E-state index contributed by atoms with van der Waals surface area (Å²) in [4.78, 5) is 31.6. The highest BCUT2D eigenvalue weighted by Crippen LogP contribution is 2.31. The summed E-state index contributed by atoms with van der Waals surface area (Å²) in [6, 6.07) is 9.60. The van der Waals surface area contributed by atoms with Crippen molar-refractivity contribution in [2.75, 3.05) is 18.6 Å². The van der Waals surface area contributed by atoms with Crippen molar-refractivity contribution in [3.8, 4) is 17.6 Å². The number of likely N-dealkylation sites (N-methyl/N-ethyl adjacent to an activating group) is 1. The van der Waals surface area contributed by atoms with Crippen LogP contribution in [0.15, 0.2) is 55.0 Å². The summed E-state index contributed by atoms with van der Waals surface area (Å²) >= 11 is 0. The van der Waals surface area contributed by atoms with Gasteiger partial charge in [0.25, 0.3) is 11.8 Å². The van der Waals surface area contributed by atoms with Gasteiger partial charge >= 0.3 is 0 Å². The lowest BCUT2D eigenvalue weighted by Gasteiger charge is -2.20. The van der Waals surface area contributed by atoms with Crippen LogP contribution in [0.1, 0.15) is 35.5 Å². The zero-order valence-corrected chi connectivity index (χ0v) is 19.1. The van der Waals surface area contributed by atoms with Crippen LogP contribution in [0.2, 0.25) is 0 Å². The molecule has 2 amide bonds. The van der Waals surface area contributed by atoms with E-state index in [9.17, 15) is 14.7 Å².